The first-order chi connectivity index (χ1) is 10.8. The number of carbonyl (C=O) groups is 1. The highest BCUT2D eigenvalue weighted by Gasteiger charge is 2.45. The van der Waals surface area contributed by atoms with Crippen LogP contribution in [0.1, 0.15) is 37.1 Å². The van der Waals surface area contributed by atoms with Crippen LogP contribution in [0.2, 0.25) is 0 Å². The maximum absolute atomic E-state index is 12.7. The Bertz CT molecular complexity index is 847. The molecule has 1 atom stereocenters. The highest BCUT2D eigenvalue weighted by molar-refractivity contribution is 6.13. The Morgan fingerprint density at radius 2 is 2.22 bits per heavy atom. The number of aliphatic hydroxyl groups is 1. The smallest absolute Gasteiger partial charge is 0.343 e. The van der Waals surface area contributed by atoms with Crippen LogP contribution in [0, 0.1) is 0 Å². The highest BCUT2D eigenvalue weighted by Crippen LogP contribution is 2.34. The summed E-state index contributed by atoms with van der Waals surface area (Å²) < 4.78 is 6.54. The summed E-state index contributed by atoms with van der Waals surface area (Å²) >= 11 is 0. The number of ether oxygens (including phenoxy) is 1. The second-order valence-corrected chi connectivity index (χ2v) is 5.90. The average molecular weight is 314 g/mol. The van der Waals surface area contributed by atoms with Crippen molar-refractivity contribution in [3.05, 3.63) is 57.7 Å². The number of hydrogen-bond donors (Lipinski definition) is 1. The molecule has 1 N–H and O–H groups in total. The molecule has 0 saturated carbocycles. The lowest BCUT2D eigenvalue weighted by Gasteiger charge is -2.31. The largest absolute Gasteiger partial charge is 0.458 e. The fourth-order valence-corrected chi connectivity index (χ4v) is 3.03. The first-order valence-corrected chi connectivity index (χ1v) is 7.39. The molecule has 120 valence electrons. The number of esters is 1. The molecule has 6 nitrogen and oxygen atoms in total. The van der Waals surface area contributed by atoms with E-state index in [4.69, 9.17) is 4.74 Å². The van der Waals surface area contributed by atoms with E-state index in [1.807, 2.05) is 0 Å². The normalized spacial score (nSPS) is 24.4. The van der Waals surface area contributed by atoms with Gasteiger partial charge in [0, 0.05) is 11.3 Å². The Balaban J connectivity index is 2.33. The minimum absolute atomic E-state index is 0.121. The lowest BCUT2D eigenvalue weighted by molar-refractivity contribution is -0.172. The third-order valence-electron chi connectivity index (χ3n) is 4.27. The molecule has 1 aromatic rings. The van der Waals surface area contributed by atoms with Crippen LogP contribution in [0.5, 0.6) is 0 Å². The van der Waals surface area contributed by atoms with Gasteiger partial charge in [0.25, 0.3) is 5.56 Å². The van der Waals surface area contributed by atoms with Gasteiger partial charge in [-0.15, -0.1) is 0 Å². The van der Waals surface area contributed by atoms with Gasteiger partial charge in [-0.1, -0.05) is 20.1 Å². The number of rotatable bonds is 2. The van der Waals surface area contributed by atoms with Crippen LogP contribution < -0.4 is 5.56 Å². The predicted octanol–water partition coefficient (Wildman–Crippen LogP) is 1.40. The van der Waals surface area contributed by atoms with Gasteiger partial charge in [-0.25, -0.2) is 4.79 Å². The summed E-state index contributed by atoms with van der Waals surface area (Å²) in [5.74, 6) is -0.730. The maximum Gasteiger partial charge on any atom is 0.343 e. The van der Waals surface area contributed by atoms with E-state index in [-0.39, 0.29) is 18.6 Å². The summed E-state index contributed by atoms with van der Waals surface area (Å²) in [4.78, 5) is 29.1. The predicted molar refractivity (Wildman–Crippen MR) is 85.2 cm³/mol. The Labute approximate surface area is 133 Å². The SMILES string of the molecule is C=C(C)/N=C1\C(=C)Cn2c1cc1c(c2=O)COC(=O)[C@]1(O)CC. The third kappa shape index (κ3) is 2.09. The zero-order chi connectivity index (χ0) is 16.9. The van der Waals surface area contributed by atoms with Crippen LogP contribution in [0.4, 0.5) is 0 Å². The number of allylic oxidation sites excluding steroid dienone is 2. The molecule has 2 aliphatic heterocycles. The molecule has 0 aromatic carbocycles. The van der Waals surface area contributed by atoms with E-state index >= 15 is 0 Å². The van der Waals surface area contributed by atoms with Gasteiger partial charge in [-0.3, -0.25) is 9.79 Å². The summed E-state index contributed by atoms with van der Waals surface area (Å²) in [5, 5.41) is 10.7. The molecule has 3 heterocycles. The quantitative estimate of drug-likeness (QED) is 0.837. The number of carbonyl (C=O) groups excluding carboxylic acids is 1. The molecular weight excluding hydrogens is 296 g/mol. The maximum atomic E-state index is 12.7. The number of nitrogens with zero attached hydrogens (tertiary/aromatic N) is 2. The van der Waals surface area contributed by atoms with Gasteiger partial charge >= 0.3 is 5.97 Å². The minimum atomic E-state index is -1.80. The van der Waals surface area contributed by atoms with E-state index in [9.17, 15) is 14.7 Å². The van der Waals surface area contributed by atoms with Gasteiger partial charge in [0.2, 0.25) is 0 Å². The molecule has 0 aliphatic carbocycles. The molecule has 2 aliphatic rings. The number of aliphatic imine (C=N–C) groups is 1. The Morgan fingerprint density at radius 3 is 2.83 bits per heavy atom. The summed E-state index contributed by atoms with van der Waals surface area (Å²) in [6.45, 7) is 11.3. The summed E-state index contributed by atoms with van der Waals surface area (Å²) in [5.41, 5.74) is 0.909. The molecule has 0 saturated heterocycles. The van der Waals surface area contributed by atoms with Crippen LogP contribution >= 0.6 is 0 Å². The number of fused-ring (bicyclic) bond motifs is 2. The Kier molecular flexibility index (Phi) is 3.37. The van der Waals surface area contributed by atoms with Gasteiger partial charge < -0.3 is 14.4 Å². The highest BCUT2D eigenvalue weighted by atomic mass is 16.6. The monoisotopic (exact) mass is 314 g/mol. The lowest BCUT2D eigenvalue weighted by Crippen LogP contribution is -2.44. The zero-order valence-corrected chi connectivity index (χ0v) is 13.2. The Morgan fingerprint density at radius 1 is 1.52 bits per heavy atom. The van der Waals surface area contributed by atoms with Crippen molar-refractivity contribution in [2.24, 2.45) is 4.99 Å². The van der Waals surface area contributed by atoms with E-state index in [0.29, 0.717) is 40.3 Å². The fourth-order valence-electron chi connectivity index (χ4n) is 3.03. The second-order valence-electron chi connectivity index (χ2n) is 5.90. The van der Waals surface area contributed by atoms with Crippen molar-refractivity contribution in [1.29, 1.82) is 0 Å². The topological polar surface area (TPSA) is 80.9 Å². The molecule has 0 radical (unpaired) electrons. The summed E-state index contributed by atoms with van der Waals surface area (Å²) in [7, 11) is 0. The van der Waals surface area contributed by atoms with Crippen LogP contribution in [-0.4, -0.2) is 21.4 Å². The third-order valence-corrected chi connectivity index (χ3v) is 4.27. The van der Waals surface area contributed by atoms with Crippen molar-refractivity contribution in [2.75, 3.05) is 0 Å². The van der Waals surface area contributed by atoms with E-state index in [1.165, 1.54) is 4.57 Å². The van der Waals surface area contributed by atoms with Gasteiger partial charge in [-0.2, -0.15) is 0 Å². The van der Waals surface area contributed by atoms with Gasteiger partial charge in [0.15, 0.2) is 5.60 Å². The first kappa shape index (κ1) is 15.4. The molecule has 0 amide bonds. The van der Waals surface area contributed by atoms with Crippen molar-refractivity contribution in [3.63, 3.8) is 0 Å². The molecule has 6 heteroatoms. The lowest BCUT2D eigenvalue weighted by atomic mass is 9.86. The first-order valence-electron chi connectivity index (χ1n) is 7.39. The van der Waals surface area contributed by atoms with Crippen molar-refractivity contribution < 1.29 is 14.6 Å². The van der Waals surface area contributed by atoms with Crippen LogP contribution in [-0.2, 0) is 28.3 Å². The van der Waals surface area contributed by atoms with E-state index in [1.54, 1.807) is 19.9 Å². The molecule has 0 unspecified atom stereocenters. The second kappa shape index (κ2) is 5.03. The molecule has 23 heavy (non-hydrogen) atoms. The van der Waals surface area contributed by atoms with E-state index in [2.05, 4.69) is 18.2 Å². The summed E-state index contributed by atoms with van der Waals surface area (Å²) in [6, 6.07) is 1.65. The van der Waals surface area contributed by atoms with Crippen LogP contribution in [0.25, 0.3) is 0 Å². The molecule has 0 spiro atoms. The number of aromatic nitrogens is 1. The van der Waals surface area contributed by atoms with Gasteiger partial charge in [0.05, 0.1) is 23.5 Å². The number of hydrogen-bond acceptors (Lipinski definition) is 5. The number of pyridine rings is 1. The van der Waals surface area contributed by atoms with Gasteiger partial charge in [-0.05, 0) is 25.0 Å². The zero-order valence-electron chi connectivity index (χ0n) is 13.2. The molecule has 0 fully saturated rings. The molecule has 0 bridgehead atoms. The fraction of sp³-hybridized carbons (Fsp3) is 0.353. The molecule has 3 rings (SSSR count). The van der Waals surface area contributed by atoms with Crippen molar-refractivity contribution in [1.82, 2.24) is 4.57 Å². The minimum Gasteiger partial charge on any atom is -0.458 e. The van der Waals surface area contributed by atoms with E-state index < -0.39 is 11.6 Å². The van der Waals surface area contributed by atoms with Crippen LogP contribution in [0.3, 0.4) is 0 Å². The van der Waals surface area contributed by atoms with E-state index in [0.717, 1.165) is 0 Å². The molecule has 1 aromatic heterocycles. The standard InChI is InChI=1S/C17H18N2O4/c1-5-17(22)12-6-13-14(18-9(2)3)10(4)7-19(13)15(20)11(12)8-23-16(17)21/h6,22H,2,4-5,7-8H2,1,3H3/b18-14+/t17-/m0/s1. The van der Waals surface area contributed by atoms with Crippen molar-refractivity contribution >= 4 is 11.7 Å². The van der Waals surface area contributed by atoms with Crippen molar-refractivity contribution in [2.45, 2.75) is 39.0 Å². The molecular formula is C17H18N2O4. The number of cyclic esters (lactones) is 1. The summed E-state index contributed by atoms with van der Waals surface area (Å²) in [6.07, 6.45) is 0.121. The Hall–Kier alpha value is -2.47. The average Bonchev–Trinajstić information content (AvgIpc) is 2.80. The van der Waals surface area contributed by atoms with Gasteiger partial charge in [0.1, 0.15) is 6.61 Å². The van der Waals surface area contributed by atoms with Crippen molar-refractivity contribution in [3.8, 4) is 0 Å². The van der Waals surface area contributed by atoms with Crippen LogP contribution in [0.15, 0.2) is 40.3 Å².